The van der Waals surface area contributed by atoms with Crippen LogP contribution >= 0.6 is 11.6 Å². The number of halogens is 1. The minimum atomic E-state index is -0.110. The summed E-state index contributed by atoms with van der Waals surface area (Å²) in [5.41, 5.74) is 1.04. The smallest absolute Gasteiger partial charge is 0.239 e. The summed E-state index contributed by atoms with van der Waals surface area (Å²) in [6.45, 7) is 3.72. The van der Waals surface area contributed by atoms with Gasteiger partial charge in [0.25, 0.3) is 0 Å². The highest BCUT2D eigenvalue weighted by molar-refractivity contribution is 6.31. The Bertz CT molecular complexity index is 602. The second kappa shape index (κ2) is 10.5. The van der Waals surface area contributed by atoms with Gasteiger partial charge in [-0.3, -0.25) is 14.5 Å². The van der Waals surface area contributed by atoms with Gasteiger partial charge in [-0.05, 0) is 30.9 Å². The molecule has 1 N–H and O–H groups in total. The van der Waals surface area contributed by atoms with Gasteiger partial charge in [-0.1, -0.05) is 49.6 Å². The minimum Gasteiger partial charge on any atom is -0.355 e. The Morgan fingerprint density at radius 3 is 2.54 bits per heavy atom. The number of carbonyl (C=O) groups is 2. The second-order valence-corrected chi connectivity index (χ2v) is 7.44. The van der Waals surface area contributed by atoms with Gasteiger partial charge in [-0.15, -0.1) is 0 Å². The van der Waals surface area contributed by atoms with Crippen LogP contribution in [-0.4, -0.2) is 54.3 Å². The molecule has 0 aliphatic heterocycles. The minimum absolute atomic E-state index is 0.0318. The van der Waals surface area contributed by atoms with Crippen molar-refractivity contribution in [3.05, 3.63) is 34.9 Å². The van der Waals surface area contributed by atoms with Crippen LogP contribution in [0.3, 0.4) is 0 Å². The maximum atomic E-state index is 12.7. The monoisotopic (exact) mass is 379 g/mol. The van der Waals surface area contributed by atoms with Crippen LogP contribution in [0.4, 0.5) is 0 Å². The third-order valence-corrected chi connectivity index (χ3v) is 5.26. The lowest BCUT2D eigenvalue weighted by atomic mass is 10.1. The van der Waals surface area contributed by atoms with E-state index in [1.54, 1.807) is 7.05 Å². The Hall–Kier alpha value is -1.59. The molecule has 0 saturated heterocycles. The van der Waals surface area contributed by atoms with Crippen molar-refractivity contribution in [1.82, 2.24) is 15.1 Å². The fourth-order valence-electron chi connectivity index (χ4n) is 3.35. The molecule has 1 aromatic carbocycles. The molecular formula is C20H30ClN3O2. The largest absolute Gasteiger partial charge is 0.355 e. The highest BCUT2D eigenvalue weighted by atomic mass is 35.5. The first kappa shape index (κ1) is 20.7. The van der Waals surface area contributed by atoms with E-state index in [1.165, 1.54) is 17.7 Å². The van der Waals surface area contributed by atoms with Gasteiger partial charge >= 0.3 is 0 Å². The normalized spacial score (nSPS) is 14.6. The van der Waals surface area contributed by atoms with Crippen molar-refractivity contribution in [3.8, 4) is 0 Å². The molecule has 2 rings (SSSR count). The number of hydrogen-bond acceptors (Lipinski definition) is 3. The first-order valence-electron chi connectivity index (χ1n) is 9.49. The van der Waals surface area contributed by atoms with Crippen LogP contribution in [0.2, 0.25) is 5.02 Å². The molecule has 1 aliphatic rings. The second-order valence-electron chi connectivity index (χ2n) is 7.03. The zero-order valence-electron chi connectivity index (χ0n) is 15.8. The molecule has 0 spiro atoms. The van der Waals surface area contributed by atoms with Gasteiger partial charge in [0.05, 0.1) is 13.1 Å². The summed E-state index contributed by atoms with van der Waals surface area (Å²) in [5.74, 6) is -0.142. The lowest BCUT2D eigenvalue weighted by molar-refractivity contribution is -0.136. The van der Waals surface area contributed by atoms with Crippen molar-refractivity contribution < 1.29 is 9.59 Å². The molecule has 0 heterocycles. The highest BCUT2D eigenvalue weighted by Gasteiger charge is 2.26. The molecule has 0 bridgehead atoms. The van der Waals surface area contributed by atoms with Crippen molar-refractivity contribution in [3.63, 3.8) is 0 Å². The maximum absolute atomic E-state index is 12.7. The molecular weight excluding hydrogens is 350 g/mol. The van der Waals surface area contributed by atoms with Gasteiger partial charge < -0.3 is 10.2 Å². The standard InChI is InChI=1S/C20H30ClN3O2/c1-3-12-22-19(25)14-23(2)20(26)15-24(17-9-5-6-10-17)13-16-8-4-7-11-18(16)21/h4,7-8,11,17H,3,5-6,9-10,12-15H2,1-2H3,(H,22,25). The number of likely N-dealkylation sites (N-methyl/N-ethyl adjacent to an activating group) is 1. The van der Waals surface area contributed by atoms with Gasteiger partial charge in [0, 0.05) is 31.2 Å². The molecule has 1 aliphatic carbocycles. The molecule has 2 amide bonds. The molecule has 6 heteroatoms. The van der Waals surface area contributed by atoms with Gasteiger partial charge in [0.15, 0.2) is 0 Å². The molecule has 0 aromatic heterocycles. The summed E-state index contributed by atoms with van der Waals surface area (Å²) in [7, 11) is 1.69. The van der Waals surface area contributed by atoms with Crippen LogP contribution in [0, 0.1) is 0 Å². The number of hydrogen-bond donors (Lipinski definition) is 1. The molecule has 0 unspecified atom stereocenters. The number of amides is 2. The number of nitrogens with one attached hydrogen (secondary N) is 1. The first-order valence-corrected chi connectivity index (χ1v) is 9.87. The zero-order valence-corrected chi connectivity index (χ0v) is 16.6. The van der Waals surface area contributed by atoms with E-state index < -0.39 is 0 Å². The number of nitrogens with zero attached hydrogens (tertiary/aromatic N) is 2. The lowest BCUT2D eigenvalue weighted by Crippen LogP contribution is -2.45. The topological polar surface area (TPSA) is 52.7 Å². The summed E-state index contributed by atoms with van der Waals surface area (Å²) >= 11 is 6.32. The van der Waals surface area contributed by atoms with Crippen LogP contribution in [0.25, 0.3) is 0 Å². The van der Waals surface area contributed by atoms with Gasteiger partial charge in [0.2, 0.25) is 11.8 Å². The molecule has 5 nitrogen and oxygen atoms in total. The number of carbonyl (C=O) groups excluding carboxylic acids is 2. The SMILES string of the molecule is CCCNC(=O)CN(C)C(=O)CN(Cc1ccccc1Cl)C1CCCC1. The Kier molecular flexibility index (Phi) is 8.39. The molecule has 0 atom stereocenters. The van der Waals surface area contributed by atoms with Crippen molar-refractivity contribution in [2.45, 2.75) is 51.6 Å². The Morgan fingerprint density at radius 2 is 1.88 bits per heavy atom. The molecule has 1 aromatic rings. The van der Waals surface area contributed by atoms with Crippen molar-refractivity contribution in [2.75, 3.05) is 26.7 Å². The number of benzene rings is 1. The van der Waals surface area contributed by atoms with E-state index in [9.17, 15) is 9.59 Å². The first-order chi connectivity index (χ1) is 12.5. The van der Waals surface area contributed by atoms with E-state index in [1.807, 2.05) is 31.2 Å². The fraction of sp³-hybridized carbons (Fsp3) is 0.600. The Balaban J connectivity index is 1.98. The van der Waals surface area contributed by atoms with Crippen LogP contribution in [0.5, 0.6) is 0 Å². The summed E-state index contributed by atoms with van der Waals surface area (Å²) < 4.78 is 0. The molecule has 1 fully saturated rings. The van der Waals surface area contributed by atoms with E-state index in [2.05, 4.69) is 10.2 Å². The predicted octanol–water partition coefficient (Wildman–Crippen LogP) is 3.07. The summed E-state index contributed by atoms with van der Waals surface area (Å²) in [5, 5.41) is 3.54. The van der Waals surface area contributed by atoms with Crippen LogP contribution in [0.1, 0.15) is 44.6 Å². The highest BCUT2D eigenvalue weighted by Crippen LogP contribution is 2.26. The molecule has 144 valence electrons. The van der Waals surface area contributed by atoms with Gasteiger partial charge in [-0.25, -0.2) is 0 Å². The van der Waals surface area contributed by atoms with Gasteiger partial charge in [0.1, 0.15) is 0 Å². The zero-order chi connectivity index (χ0) is 18.9. The van der Waals surface area contributed by atoms with Gasteiger partial charge in [-0.2, -0.15) is 0 Å². The Morgan fingerprint density at radius 1 is 1.19 bits per heavy atom. The average Bonchev–Trinajstić information content (AvgIpc) is 3.15. The Labute approximate surface area is 161 Å². The fourth-order valence-corrected chi connectivity index (χ4v) is 3.54. The molecule has 1 saturated carbocycles. The van der Waals surface area contributed by atoms with E-state index >= 15 is 0 Å². The van der Waals surface area contributed by atoms with Crippen LogP contribution in [0.15, 0.2) is 24.3 Å². The van der Waals surface area contributed by atoms with Crippen molar-refractivity contribution in [2.24, 2.45) is 0 Å². The number of rotatable bonds is 9. The molecule has 26 heavy (non-hydrogen) atoms. The van der Waals surface area contributed by atoms with E-state index in [-0.39, 0.29) is 18.4 Å². The lowest BCUT2D eigenvalue weighted by Gasteiger charge is -2.30. The maximum Gasteiger partial charge on any atom is 0.239 e. The van der Waals surface area contributed by atoms with E-state index in [0.717, 1.165) is 29.8 Å². The summed E-state index contributed by atoms with van der Waals surface area (Å²) in [6, 6.07) is 8.18. The van der Waals surface area contributed by atoms with Crippen LogP contribution < -0.4 is 5.32 Å². The third kappa shape index (κ3) is 6.29. The third-order valence-electron chi connectivity index (χ3n) is 4.89. The average molecular weight is 380 g/mol. The molecule has 0 radical (unpaired) electrons. The van der Waals surface area contributed by atoms with E-state index in [4.69, 9.17) is 11.6 Å². The van der Waals surface area contributed by atoms with Crippen molar-refractivity contribution >= 4 is 23.4 Å². The quantitative estimate of drug-likeness (QED) is 0.717. The van der Waals surface area contributed by atoms with Crippen molar-refractivity contribution in [1.29, 1.82) is 0 Å². The van der Waals surface area contributed by atoms with Crippen LogP contribution in [-0.2, 0) is 16.1 Å². The predicted molar refractivity (Wildman–Crippen MR) is 105 cm³/mol. The summed E-state index contributed by atoms with van der Waals surface area (Å²) in [6.07, 6.45) is 5.51. The van der Waals surface area contributed by atoms with E-state index in [0.29, 0.717) is 25.7 Å². The summed E-state index contributed by atoms with van der Waals surface area (Å²) in [4.78, 5) is 28.3.